The summed E-state index contributed by atoms with van der Waals surface area (Å²) in [6.07, 6.45) is 1.92. The van der Waals surface area contributed by atoms with Gasteiger partial charge in [-0.15, -0.1) is 0 Å². The zero-order valence-electron chi connectivity index (χ0n) is 13.6. The first-order valence-corrected chi connectivity index (χ1v) is 7.70. The van der Waals surface area contributed by atoms with E-state index < -0.39 is 17.2 Å². The van der Waals surface area contributed by atoms with E-state index in [-0.39, 0.29) is 12.1 Å². The molecule has 0 saturated carbocycles. The van der Waals surface area contributed by atoms with Crippen LogP contribution in [0.5, 0.6) is 0 Å². The van der Waals surface area contributed by atoms with Crippen LogP contribution in [-0.2, 0) is 12.1 Å². The summed E-state index contributed by atoms with van der Waals surface area (Å²) in [5, 5.41) is 13.7. The van der Waals surface area contributed by atoms with Crippen LogP contribution in [0, 0.1) is 18.6 Å². The zero-order chi connectivity index (χ0) is 17.3. The Kier molecular flexibility index (Phi) is 4.34. The van der Waals surface area contributed by atoms with Crippen molar-refractivity contribution < 1.29 is 13.9 Å². The smallest absolute Gasteiger partial charge is 0.137 e. The van der Waals surface area contributed by atoms with Crippen molar-refractivity contribution in [3.63, 3.8) is 0 Å². The summed E-state index contributed by atoms with van der Waals surface area (Å²) in [6, 6.07) is 8.94. The summed E-state index contributed by atoms with van der Waals surface area (Å²) in [4.78, 5) is 4.47. The third-order valence-electron chi connectivity index (χ3n) is 4.10. The predicted molar refractivity (Wildman–Crippen MR) is 87.6 cm³/mol. The molecule has 0 fully saturated rings. The molecule has 1 unspecified atom stereocenters. The second-order valence-electron chi connectivity index (χ2n) is 6.07. The summed E-state index contributed by atoms with van der Waals surface area (Å²) >= 11 is 0. The minimum atomic E-state index is -1.45. The van der Waals surface area contributed by atoms with E-state index in [4.69, 9.17) is 0 Å². The fraction of sp³-hybridized carbons (Fsp3) is 0.278. The van der Waals surface area contributed by atoms with Gasteiger partial charge >= 0.3 is 0 Å². The molecule has 0 saturated heterocycles. The van der Waals surface area contributed by atoms with E-state index in [1.807, 2.05) is 35.7 Å². The van der Waals surface area contributed by atoms with E-state index >= 15 is 0 Å². The summed E-state index contributed by atoms with van der Waals surface area (Å²) in [7, 11) is 0. The number of pyridine rings is 1. The van der Waals surface area contributed by atoms with Crippen molar-refractivity contribution in [2.75, 3.05) is 6.54 Å². The number of benzene rings is 1. The molecule has 0 spiro atoms. The van der Waals surface area contributed by atoms with Crippen molar-refractivity contribution in [3.8, 4) is 0 Å². The highest BCUT2D eigenvalue weighted by atomic mass is 19.1. The number of aromatic nitrogens is 2. The molecule has 3 rings (SSSR count). The highest BCUT2D eigenvalue weighted by Crippen LogP contribution is 2.23. The molecule has 2 heterocycles. The number of hydrogen-bond acceptors (Lipinski definition) is 3. The Balaban J connectivity index is 1.74. The number of fused-ring (bicyclic) bond motifs is 1. The van der Waals surface area contributed by atoms with Gasteiger partial charge in [0.25, 0.3) is 0 Å². The molecular formula is C18H19F2N3O. The molecule has 0 aliphatic heterocycles. The summed E-state index contributed by atoms with van der Waals surface area (Å²) in [5.41, 5.74) is 1.32. The number of rotatable bonds is 5. The van der Waals surface area contributed by atoms with Crippen molar-refractivity contribution >= 4 is 5.65 Å². The van der Waals surface area contributed by atoms with Gasteiger partial charge in [-0.05, 0) is 32.0 Å². The molecule has 0 bridgehead atoms. The van der Waals surface area contributed by atoms with Crippen molar-refractivity contribution in [1.82, 2.24) is 14.7 Å². The molecule has 2 N–H and O–H groups in total. The number of imidazole rings is 1. The lowest BCUT2D eigenvalue weighted by atomic mass is 9.95. The van der Waals surface area contributed by atoms with Gasteiger partial charge < -0.3 is 14.8 Å². The predicted octanol–water partition coefficient (Wildman–Crippen LogP) is 2.92. The lowest BCUT2D eigenvalue weighted by Gasteiger charge is -2.25. The second-order valence-corrected chi connectivity index (χ2v) is 6.07. The van der Waals surface area contributed by atoms with Crippen LogP contribution in [0.1, 0.15) is 23.9 Å². The zero-order valence-corrected chi connectivity index (χ0v) is 13.6. The van der Waals surface area contributed by atoms with E-state index in [1.165, 1.54) is 13.0 Å². The normalized spacial score (nSPS) is 14.0. The topological polar surface area (TPSA) is 49.6 Å². The van der Waals surface area contributed by atoms with E-state index in [0.717, 1.165) is 29.2 Å². The van der Waals surface area contributed by atoms with Crippen LogP contribution in [-0.4, -0.2) is 21.0 Å². The number of hydrogen-bond donors (Lipinski definition) is 2. The van der Waals surface area contributed by atoms with Gasteiger partial charge in [-0.2, -0.15) is 0 Å². The maximum atomic E-state index is 13.9. The Hall–Kier alpha value is -2.31. The highest BCUT2D eigenvalue weighted by Gasteiger charge is 2.26. The van der Waals surface area contributed by atoms with E-state index in [1.54, 1.807) is 0 Å². The van der Waals surface area contributed by atoms with Gasteiger partial charge in [0.05, 0.1) is 11.4 Å². The quantitative estimate of drug-likeness (QED) is 0.756. The largest absolute Gasteiger partial charge is 0.384 e. The first-order chi connectivity index (χ1) is 11.4. The molecule has 126 valence electrons. The molecule has 4 nitrogen and oxygen atoms in total. The van der Waals surface area contributed by atoms with Crippen LogP contribution in [0.2, 0.25) is 0 Å². The molecule has 0 amide bonds. The van der Waals surface area contributed by atoms with Crippen molar-refractivity contribution in [2.24, 2.45) is 0 Å². The molecule has 24 heavy (non-hydrogen) atoms. The van der Waals surface area contributed by atoms with Crippen molar-refractivity contribution in [3.05, 3.63) is 71.2 Å². The monoisotopic (exact) mass is 331 g/mol. The van der Waals surface area contributed by atoms with Gasteiger partial charge in [0.1, 0.15) is 22.9 Å². The van der Waals surface area contributed by atoms with Crippen LogP contribution >= 0.6 is 0 Å². The molecule has 6 heteroatoms. The Labute approximate surface area is 138 Å². The van der Waals surface area contributed by atoms with Crippen LogP contribution in [0.15, 0.2) is 42.6 Å². The highest BCUT2D eigenvalue weighted by molar-refractivity contribution is 5.42. The van der Waals surface area contributed by atoms with Gasteiger partial charge in [-0.1, -0.05) is 12.1 Å². The minimum absolute atomic E-state index is 0.0614. The molecule has 1 aromatic carbocycles. The van der Waals surface area contributed by atoms with Gasteiger partial charge in [0, 0.05) is 30.9 Å². The number of halogens is 2. The molecule has 0 radical (unpaired) electrons. The molecular weight excluding hydrogens is 312 g/mol. The Morgan fingerprint density at radius 2 is 2.04 bits per heavy atom. The molecule has 0 aliphatic carbocycles. The Bertz CT molecular complexity index is 874. The maximum absolute atomic E-state index is 13.9. The second kappa shape index (κ2) is 6.30. The minimum Gasteiger partial charge on any atom is -0.384 e. The molecule has 1 atom stereocenters. The standard InChI is InChI=1S/C18H19F2N3O/c1-12-16(23-8-4-3-5-17(23)22-12)10-21-11-18(2,24)14-7-6-13(19)9-15(14)20/h3-9,21,24H,10-11H2,1-2H3. The van der Waals surface area contributed by atoms with Gasteiger partial charge in [0.2, 0.25) is 0 Å². The van der Waals surface area contributed by atoms with Crippen LogP contribution < -0.4 is 5.32 Å². The van der Waals surface area contributed by atoms with Gasteiger partial charge in [-0.25, -0.2) is 13.8 Å². The van der Waals surface area contributed by atoms with E-state index in [0.29, 0.717) is 6.54 Å². The maximum Gasteiger partial charge on any atom is 0.137 e. The van der Waals surface area contributed by atoms with E-state index in [9.17, 15) is 13.9 Å². The average molecular weight is 331 g/mol. The van der Waals surface area contributed by atoms with Crippen LogP contribution in [0.25, 0.3) is 5.65 Å². The average Bonchev–Trinajstić information content (AvgIpc) is 2.83. The van der Waals surface area contributed by atoms with Crippen molar-refractivity contribution in [2.45, 2.75) is 26.0 Å². The van der Waals surface area contributed by atoms with Crippen LogP contribution in [0.3, 0.4) is 0 Å². The SMILES string of the molecule is Cc1nc2ccccn2c1CNCC(C)(O)c1ccc(F)cc1F. The van der Waals surface area contributed by atoms with Gasteiger partial charge in [0.15, 0.2) is 0 Å². The van der Waals surface area contributed by atoms with Crippen molar-refractivity contribution in [1.29, 1.82) is 0 Å². The number of nitrogens with one attached hydrogen (secondary N) is 1. The summed E-state index contributed by atoms with van der Waals surface area (Å²) < 4.78 is 28.9. The third-order valence-corrected chi connectivity index (χ3v) is 4.10. The van der Waals surface area contributed by atoms with E-state index in [2.05, 4.69) is 10.3 Å². The first kappa shape index (κ1) is 16.5. The molecule has 0 aliphatic rings. The lowest BCUT2D eigenvalue weighted by molar-refractivity contribution is 0.0527. The third kappa shape index (κ3) is 3.16. The fourth-order valence-corrected chi connectivity index (χ4v) is 2.82. The lowest BCUT2D eigenvalue weighted by Crippen LogP contribution is -2.36. The number of aryl methyl sites for hydroxylation is 1. The Morgan fingerprint density at radius 1 is 1.25 bits per heavy atom. The number of aliphatic hydroxyl groups is 1. The number of nitrogens with zero attached hydrogens (tertiary/aromatic N) is 2. The molecule has 2 aromatic heterocycles. The summed E-state index contributed by atoms with van der Waals surface area (Å²) in [6.45, 7) is 4.00. The van der Waals surface area contributed by atoms with Crippen LogP contribution in [0.4, 0.5) is 8.78 Å². The van der Waals surface area contributed by atoms with Gasteiger partial charge in [-0.3, -0.25) is 0 Å². The first-order valence-electron chi connectivity index (χ1n) is 7.70. The summed E-state index contributed by atoms with van der Waals surface area (Å²) in [5.74, 6) is -1.42. The molecule has 3 aromatic rings. The Morgan fingerprint density at radius 3 is 2.79 bits per heavy atom. The fourth-order valence-electron chi connectivity index (χ4n) is 2.82.